The van der Waals surface area contributed by atoms with Crippen LogP contribution in [0.5, 0.6) is 17.2 Å². The molecule has 0 radical (unpaired) electrons. The third kappa shape index (κ3) is 8.23. The van der Waals surface area contributed by atoms with E-state index in [-0.39, 0.29) is 46.9 Å². The van der Waals surface area contributed by atoms with Gasteiger partial charge in [-0.2, -0.15) is 0 Å². The molecule has 0 saturated heterocycles. The zero-order valence-corrected chi connectivity index (χ0v) is 36.3. The summed E-state index contributed by atoms with van der Waals surface area (Å²) in [4.78, 5) is 18.0. The van der Waals surface area contributed by atoms with Crippen molar-refractivity contribution < 1.29 is 24.9 Å². The molecular formula is C51H54N3O5S2-. The van der Waals surface area contributed by atoms with Gasteiger partial charge in [-0.25, -0.2) is 0 Å². The molecule has 3 aromatic rings. The number of carbonyl (C=O) groups excluding carboxylic acids is 1. The summed E-state index contributed by atoms with van der Waals surface area (Å²) in [6.07, 6.45) is 19.3. The SMILES string of the molecule is CCCC1C2C=CC3CC14C=CC(=O)CCc1ccc(O)c(c1)OCCc1ccc(O)c(c1)C1CC([O-])=C5C=CN=C5CC#Cc5cc(C(N)N)c(cc51)CSSCC3(C2)C4. The Morgan fingerprint density at radius 1 is 0.984 bits per heavy atom. The smallest absolute Gasteiger partial charge is 0.161 e. The lowest BCUT2D eigenvalue weighted by atomic mass is 9.56. The van der Waals surface area contributed by atoms with Crippen LogP contribution in [0.15, 0.2) is 101 Å². The van der Waals surface area contributed by atoms with Crippen molar-refractivity contribution in [3.8, 4) is 29.1 Å². The van der Waals surface area contributed by atoms with Crippen LogP contribution in [0.2, 0.25) is 0 Å². The van der Waals surface area contributed by atoms with Crippen molar-refractivity contribution >= 4 is 33.1 Å². The van der Waals surface area contributed by atoms with Crippen LogP contribution >= 0.6 is 21.6 Å². The highest BCUT2D eigenvalue weighted by atomic mass is 33.1. The molecule has 316 valence electrons. The molecule has 0 amide bonds. The molecule has 9 rings (SSSR count). The van der Waals surface area contributed by atoms with Gasteiger partial charge in [0.25, 0.3) is 0 Å². The number of nitrogens with zero attached hydrogens (tertiary/aromatic N) is 1. The molecule has 10 heteroatoms. The van der Waals surface area contributed by atoms with E-state index in [0.29, 0.717) is 71.8 Å². The number of nitrogens with two attached hydrogens (primary N) is 2. The van der Waals surface area contributed by atoms with E-state index in [2.05, 4.69) is 48.1 Å². The number of ether oxygens (including phenoxy) is 1. The second-order valence-electron chi connectivity index (χ2n) is 18.0. The van der Waals surface area contributed by atoms with Crippen molar-refractivity contribution in [3.05, 3.63) is 135 Å². The van der Waals surface area contributed by atoms with Crippen molar-refractivity contribution in [2.45, 2.75) is 89.0 Å². The molecular weight excluding hydrogens is 799 g/mol. The number of hydrogen-bond acceptors (Lipinski definition) is 10. The molecule has 6 atom stereocenters. The molecule has 6 N–H and O–H groups in total. The third-order valence-corrected chi connectivity index (χ3v) is 16.7. The van der Waals surface area contributed by atoms with Crippen molar-refractivity contribution in [2.75, 3.05) is 12.4 Å². The predicted octanol–water partition coefficient (Wildman–Crippen LogP) is 8.84. The highest BCUT2D eigenvalue weighted by Crippen LogP contribution is 2.70. The van der Waals surface area contributed by atoms with E-state index in [1.807, 2.05) is 58.0 Å². The lowest BCUT2D eigenvalue weighted by Crippen LogP contribution is -2.43. The monoisotopic (exact) mass is 852 g/mol. The lowest BCUT2D eigenvalue weighted by Gasteiger charge is -2.50. The lowest BCUT2D eigenvalue weighted by molar-refractivity contribution is -0.307. The van der Waals surface area contributed by atoms with Gasteiger partial charge < -0.3 is 31.5 Å². The molecule has 61 heavy (non-hydrogen) atoms. The zero-order valence-electron chi connectivity index (χ0n) is 34.7. The Bertz CT molecular complexity index is 2460. The molecule has 6 unspecified atom stereocenters. The Morgan fingerprint density at radius 3 is 2.66 bits per heavy atom. The number of hydrogen-bond donors (Lipinski definition) is 4. The van der Waals surface area contributed by atoms with Crippen molar-refractivity contribution in [1.82, 2.24) is 0 Å². The van der Waals surface area contributed by atoms with Crippen LogP contribution in [0.4, 0.5) is 0 Å². The molecule has 8 nitrogen and oxygen atoms in total. The molecule has 4 aliphatic carbocycles. The number of aromatic hydroxyl groups is 2. The number of phenolic OH excluding ortho intramolecular Hbond substituents is 2. The number of carbonyl (C=O) groups is 1. The van der Waals surface area contributed by atoms with Gasteiger partial charge in [-0.1, -0.05) is 89.3 Å². The number of allylic oxidation sites excluding steroid dienone is 7. The maximum absolute atomic E-state index is 14.2. The van der Waals surface area contributed by atoms with E-state index in [1.54, 1.807) is 24.4 Å². The van der Waals surface area contributed by atoms with Crippen molar-refractivity contribution in [3.63, 3.8) is 0 Å². The van der Waals surface area contributed by atoms with E-state index in [1.165, 1.54) is 6.42 Å². The average Bonchev–Trinajstić information content (AvgIpc) is 3.80. The third-order valence-electron chi connectivity index (χ3n) is 14.2. The van der Waals surface area contributed by atoms with Gasteiger partial charge >= 0.3 is 0 Å². The first-order chi connectivity index (χ1) is 29.5. The molecule has 2 fully saturated rings. The molecule has 0 aromatic heterocycles. The number of fused-ring (bicyclic) bond motifs is 8. The minimum absolute atomic E-state index is 0.0124. The Hall–Kier alpha value is -4.66. The fourth-order valence-electron chi connectivity index (χ4n) is 11.3. The highest BCUT2D eigenvalue weighted by Gasteiger charge is 2.62. The first-order valence-corrected chi connectivity index (χ1v) is 24.3. The van der Waals surface area contributed by atoms with Crippen LogP contribution in [0.3, 0.4) is 0 Å². The van der Waals surface area contributed by atoms with Gasteiger partial charge in [-0.05, 0) is 137 Å². The van der Waals surface area contributed by atoms with Crippen LogP contribution in [0.25, 0.3) is 0 Å². The topological polar surface area (TPSA) is 154 Å². The Labute approximate surface area is 367 Å². The van der Waals surface area contributed by atoms with E-state index >= 15 is 0 Å². The van der Waals surface area contributed by atoms with Crippen molar-refractivity contribution in [2.24, 2.45) is 45.0 Å². The van der Waals surface area contributed by atoms with E-state index in [0.717, 1.165) is 64.8 Å². The highest BCUT2D eigenvalue weighted by molar-refractivity contribution is 8.76. The van der Waals surface area contributed by atoms with Gasteiger partial charge in [0, 0.05) is 47.6 Å². The number of rotatable bonds is 3. The molecule has 2 saturated carbocycles. The van der Waals surface area contributed by atoms with Crippen LogP contribution in [0.1, 0.15) is 109 Å². The molecule has 2 heterocycles. The summed E-state index contributed by atoms with van der Waals surface area (Å²) in [5.41, 5.74) is 20.2. The summed E-state index contributed by atoms with van der Waals surface area (Å²) in [6, 6.07) is 14.9. The van der Waals surface area contributed by atoms with Gasteiger partial charge in [0.15, 0.2) is 17.3 Å². The summed E-state index contributed by atoms with van der Waals surface area (Å²) in [5.74, 6) is 9.81. The summed E-state index contributed by atoms with van der Waals surface area (Å²) in [7, 11) is 3.73. The predicted molar refractivity (Wildman–Crippen MR) is 244 cm³/mol. The normalized spacial score (nSPS) is 28.3. The van der Waals surface area contributed by atoms with Crippen LogP contribution in [-0.4, -0.2) is 34.1 Å². The molecule has 2 aliphatic heterocycles. The van der Waals surface area contributed by atoms with Gasteiger partial charge in [0.2, 0.25) is 0 Å². The maximum atomic E-state index is 14.2. The number of aliphatic imine (C=N–C) groups is 1. The number of phenols is 2. The summed E-state index contributed by atoms with van der Waals surface area (Å²) in [5, 5.41) is 36.5. The van der Waals surface area contributed by atoms with Crippen LogP contribution in [-0.2, 0) is 23.4 Å². The van der Waals surface area contributed by atoms with Gasteiger partial charge in [0.1, 0.15) is 5.75 Å². The van der Waals surface area contributed by atoms with Gasteiger partial charge in [-0.15, -0.1) is 5.76 Å². The van der Waals surface area contributed by atoms with Crippen LogP contribution in [0, 0.1) is 40.4 Å². The van der Waals surface area contributed by atoms with Crippen molar-refractivity contribution in [1.29, 1.82) is 0 Å². The molecule has 1 spiro atoms. The largest absolute Gasteiger partial charge is 0.875 e. The Kier molecular flexibility index (Phi) is 11.8. The first-order valence-electron chi connectivity index (χ1n) is 21.8. The van der Waals surface area contributed by atoms with Gasteiger partial charge in [0.05, 0.1) is 24.9 Å². The Balaban J connectivity index is 1.12. The quantitative estimate of drug-likeness (QED) is 0.0876. The second-order valence-corrected chi connectivity index (χ2v) is 20.4. The minimum Gasteiger partial charge on any atom is -0.875 e. The second kappa shape index (κ2) is 17.2. The van der Waals surface area contributed by atoms with Gasteiger partial charge in [-0.3, -0.25) is 9.79 Å². The first kappa shape index (κ1) is 41.7. The molecule has 6 aliphatic rings. The molecule has 9 bridgehead atoms. The van der Waals surface area contributed by atoms with Crippen LogP contribution < -0.4 is 21.3 Å². The number of benzene rings is 3. The van der Waals surface area contributed by atoms with E-state index in [9.17, 15) is 20.1 Å². The Morgan fingerprint density at radius 2 is 1.82 bits per heavy atom. The zero-order chi connectivity index (χ0) is 42.3. The minimum atomic E-state index is -0.738. The van der Waals surface area contributed by atoms with E-state index < -0.39 is 12.1 Å². The number of aryl methyl sites for hydroxylation is 1. The number of ketones is 1. The summed E-state index contributed by atoms with van der Waals surface area (Å²) >= 11 is 0. The standard InChI is InChI=1S/C51H55N3O5S2/c1-2-4-43-34-10-11-36-27-50(43)18-15-37(55)12-7-31-9-14-46(57)48(22-31)59-20-17-32-8-13-45(56)42(21-32)41-25-47(58)38-16-19-54-44(38)6-3-5-33-23-40(49(52)53)35(24-39(33)41)28-60-61-30-51(36,26-34)29-50/h8-11,13-16,18-19,21-24,34,36,41,43,49,56-58H,2,4,6-7,12,17,20,25-30,52-53H2,1H3/p-1. The summed E-state index contributed by atoms with van der Waals surface area (Å²) in [6.45, 7) is 2.53. The van der Waals surface area contributed by atoms with E-state index in [4.69, 9.17) is 16.2 Å². The average molecular weight is 853 g/mol. The maximum Gasteiger partial charge on any atom is 0.161 e. The fraction of sp³-hybridized carbons (Fsp3) is 0.412. The molecule has 3 aromatic carbocycles. The fourth-order valence-corrected chi connectivity index (χ4v) is 14.1. The summed E-state index contributed by atoms with van der Waals surface area (Å²) < 4.78 is 6.16.